The molecule has 0 radical (unpaired) electrons. The first-order chi connectivity index (χ1) is 10.3. The van der Waals surface area contributed by atoms with Crippen LogP contribution in [0.1, 0.15) is 0 Å². The van der Waals surface area contributed by atoms with Gasteiger partial charge in [-0.05, 0) is 30.3 Å². The van der Waals surface area contributed by atoms with Crippen molar-refractivity contribution in [3.63, 3.8) is 0 Å². The molecule has 2 heterocycles. The Hall–Kier alpha value is -2.33. The number of nitrogens with zero attached hydrogens (tertiary/aromatic N) is 1. The number of methoxy groups -OCH3 is 2. The number of benzene rings is 2. The van der Waals surface area contributed by atoms with E-state index in [9.17, 15) is 0 Å². The van der Waals surface area contributed by atoms with Gasteiger partial charge in [0.15, 0.2) is 0 Å². The van der Waals surface area contributed by atoms with Gasteiger partial charge in [0.05, 0.1) is 24.4 Å². The summed E-state index contributed by atoms with van der Waals surface area (Å²) in [5, 5.41) is 3.66. The summed E-state index contributed by atoms with van der Waals surface area (Å²) in [7, 11) is 3.36. The van der Waals surface area contributed by atoms with Gasteiger partial charge in [0.25, 0.3) is 0 Å². The molecular formula is C17H13NO2S. The summed E-state index contributed by atoms with van der Waals surface area (Å²) in [6, 6.07) is 12.2. The molecule has 21 heavy (non-hydrogen) atoms. The Bertz CT molecular complexity index is 964. The van der Waals surface area contributed by atoms with E-state index in [0.717, 1.165) is 22.4 Å². The quantitative estimate of drug-likeness (QED) is 0.540. The van der Waals surface area contributed by atoms with Gasteiger partial charge in [-0.25, -0.2) is 0 Å². The monoisotopic (exact) mass is 295 g/mol. The third kappa shape index (κ3) is 1.83. The van der Waals surface area contributed by atoms with Crippen molar-refractivity contribution >= 4 is 42.4 Å². The predicted octanol–water partition coefficient (Wildman–Crippen LogP) is 4.62. The second-order valence-electron chi connectivity index (χ2n) is 4.84. The molecule has 2 aromatic heterocycles. The van der Waals surface area contributed by atoms with Crippen LogP contribution in [-0.4, -0.2) is 19.2 Å². The van der Waals surface area contributed by atoms with Crippen molar-refractivity contribution in [1.82, 2.24) is 4.98 Å². The minimum atomic E-state index is 0.829. The lowest BCUT2D eigenvalue weighted by atomic mass is 10.1. The molecule has 2 aromatic carbocycles. The molecule has 0 bridgehead atoms. The summed E-state index contributed by atoms with van der Waals surface area (Å²) >= 11 is 1.74. The van der Waals surface area contributed by atoms with E-state index in [1.165, 1.54) is 20.2 Å². The zero-order chi connectivity index (χ0) is 14.4. The smallest absolute Gasteiger partial charge is 0.121 e. The van der Waals surface area contributed by atoms with Gasteiger partial charge in [-0.1, -0.05) is 0 Å². The lowest BCUT2D eigenvalue weighted by molar-refractivity contribution is 0.415. The Morgan fingerprint density at radius 2 is 1.57 bits per heavy atom. The van der Waals surface area contributed by atoms with Crippen LogP contribution in [0, 0.1) is 0 Å². The van der Waals surface area contributed by atoms with Crippen molar-refractivity contribution in [3.8, 4) is 11.5 Å². The van der Waals surface area contributed by atoms with Crippen LogP contribution in [0.25, 0.3) is 31.1 Å². The number of fused-ring (bicyclic) bond motifs is 5. The largest absolute Gasteiger partial charge is 0.497 e. The molecule has 0 N–H and O–H groups in total. The van der Waals surface area contributed by atoms with E-state index in [2.05, 4.69) is 23.2 Å². The second-order valence-corrected chi connectivity index (χ2v) is 5.93. The van der Waals surface area contributed by atoms with Crippen LogP contribution in [0.5, 0.6) is 11.5 Å². The van der Waals surface area contributed by atoms with Crippen molar-refractivity contribution in [1.29, 1.82) is 0 Å². The number of ether oxygens (including phenoxy) is 2. The van der Waals surface area contributed by atoms with Gasteiger partial charge < -0.3 is 9.47 Å². The molecule has 0 unspecified atom stereocenters. The van der Waals surface area contributed by atoms with Gasteiger partial charge in [0.1, 0.15) is 11.5 Å². The molecule has 4 heteroatoms. The fourth-order valence-corrected chi connectivity index (χ4v) is 3.80. The van der Waals surface area contributed by atoms with Crippen molar-refractivity contribution in [2.45, 2.75) is 0 Å². The maximum absolute atomic E-state index is 5.31. The van der Waals surface area contributed by atoms with Crippen molar-refractivity contribution in [3.05, 3.63) is 42.6 Å². The fraction of sp³-hybridized carbons (Fsp3) is 0.118. The minimum absolute atomic E-state index is 0.829. The first-order valence-electron chi connectivity index (χ1n) is 6.63. The summed E-state index contributed by atoms with van der Waals surface area (Å²) in [6.45, 7) is 0. The first-order valence-corrected chi connectivity index (χ1v) is 7.45. The van der Waals surface area contributed by atoms with Crippen LogP contribution in [-0.2, 0) is 0 Å². The Morgan fingerprint density at radius 1 is 0.857 bits per heavy atom. The molecule has 104 valence electrons. The topological polar surface area (TPSA) is 31.4 Å². The molecule has 0 spiro atoms. The normalized spacial score (nSPS) is 11.3. The molecule has 0 saturated heterocycles. The SMILES string of the molecule is COc1ccc2c(c1)ncc1sc3cc(OC)ccc3c12. The summed E-state index contributed by atoms with van der Waals surface area (Å²) in [5.41, 5.74) is 0.956. The standard InChI is InChI=1S/C17H13NO2S/c1-19-10-3-5-12-14(7-10)18-9-16-17(12)13-6-4-11(20-2)8-15(13)21-16/h3-9H,1-2H3. The predicted molar refractivity (Wildman–Crippen MR) is 87.7 cm³/mol. The number of hydrogen-bond donors (Lipinski definition) is 0. The second kappa shape index (κ2) is 4.60. The van der Waals surface area contributed by atoms with Crippen LogP contribution in [0.4, 0.5) is 0 Å². The molecule has 0 saturated carbocycles. The Balaban J connectivity index is 2.13. The number of aromatic nitrogens is 1. The van der Waals surface area contributed by atoms with Gasteiger partial charge in [0.2, 0.25) is 0 Å². The molecule has 0 fully saturated rings. The van der Waals surface area contributed by atoms with Crippen LogP contribution in [0.3, 0.4) is 0 Å². The average Bonchev–Trinajstić information content (AvgIpc) is 2.91. The van der Waals surface area contributed by atoms with Crippen LogP contribution >= 0.6 is 11.3 Å². The summed E-state index contributed by atoms with van der Waals surface area (Å²) in [6.07, 6.45) is 1.94. The van der Waals surface area contributed by atoms with Crippen molar-refractivity contribution in [2.75, 3.05) is 14.2 Å². The van der Waals surface area contributed by atoms with E-state index in [-0.39, 0.29) is 0 Å². The third-order valence-corrected chi connectivity index (χ3v) is 4.81. The molecule has 4 aromatic rings. The third-order valence-electron chi connectivity index (χ3n) is 3.72. The lowest BCUT2D eigenvalue weighted by Gasteiger charge is -2.03. The molecular weight excluding hydrogens is 282 g/mol. The molecule has 0 aliphatic heterocycles. The number of pyridine rings is 1. The summed E-state index contributed by atoms with van der Waals surface area (Å²) in [4.78, 5) is 4.55. The molecule has 3 nitrogen and oxygen atoms in total. The Labute approximate surface area is 125 Å². The van der Waals surface area contributed by atoms with Gasteiger partial charge in [0, 0.05) is 33.1 Å². The van der Waals surface area contributed by atoms with Crippen molar-refractivity contribution in [2.24, 2.45) is 0 Å². The molecule has 0 amide bonds. The highest BCUT2D eigenvalue weighted by molar-refractivity contribution is 7.26. The number of hydrogen-bond acceptors (Lipinski definition) is 4. The highest BCUT2D eigenvalue weighted by Crippen LogP contribution is 2.39. The highest BCUT2D eigenvalue weighted by atomic mass is 32.1. The molecule has 0 aliphatic carbocycles. The fourth-order valence-electron chi connectivity index (χ4n) is 2.68. The summed E-state index contributed by atoms with van der Waals surface area (Å²) in [5.74, 6) is 1.71. The van der Waals surface area contributed by atoms with Gasteiger partial charge in [-0.2, -0.15) is 0 Å². The molecule has 0 atom stereocenters. The van der Waals surface area contributed by atoms with Crippen LogP contribution in [0.15, 0.2) is 42.6 Å². The van der Waals surface area contributed by atoms with E-state index in [0.29, 0.717) is 0 Å². The van der Waals surface area contributed by atoms with Crippen LogP contribution in [0.2, 0.25) is 0 Å². The average molecular weight is 295 g/mol. The molecule has 0 aliphatic rings. The molecule has 4 rings (SSSR count). The lowest BCUT2D eigenvalue weighted by Crippen LogP contribution is -1.84. The minimum Gasteiger partial charge on any atom is -0.497 e. The van der Waals surface area contributed by atoms with E-state index in [1.807, 2.05) is 24.4 Å². The highest BCUT2D eigenvalue weighted by Gasteiger charge is 2.10. The Kier molecular flexibility index (Phi) is 2.72. The van der Waals surface area contributed by atoms with Gasteiger partial charge >= 0.3 is 0 Å². The van der Waals surface area contributed by atoms with Gasteiger partial charge in [-0.3, -0.25) is 4.98 Å². The van der Waals surface area contributed by atoms with E-state index in [4.69, 9.17) is 9.47 Å². The van der Waals surface area contributed by atoms with Crippen LogP contribution < -0.4 is 9.47 Å². The summed E-state index contributed by atoms with van der Waals surface area (Å²) < 4.78 is 13.0. The number of rotatable bonds is 2. The van der Waals surface area contributed by atoms with Crippen molar-refractivity contribution < 1.29 is 9.47 Å². The zero-order valence-corrected chi connectivity index (χ0v) is 12.5. The maximum Gasteiger partial charge on any atom is 0.121 e. The van der Waals surface area contributed by atoms with Gasteiger partial charge in [-0.15, -0.1) is 11.3 Å². The van der Waals surface area contributed by atoms with E-state index >= 15 is 0 Å². The van der Waals surface area contributed by atoms with E-state index in [1.54, 1.807) is 25.6 Å². The number of thiophene rings is 1. The first kappa shape index (κ1) is 12.4. The maximum atomic E-state index is 5.31. The Morgan fingerprint density at radius 3 is 2.33 bits per heavy atom. The van der Waals surface area contributed by atoms with E-state index < -0.39 is 0 Å². The zero-order valence-electron chi connectivity index (χ0n) is 11.7.